The fourth-order valence-corrected chi connectivity index (χ4v) is 2.55. The summed E-state index contributed by atoms with van der Waals surface area (Å²) in [7, 11) is 0. The van der Waals surface area contributed by atoms with Gasteiger partial charge in [0.2, 0.25) is 0 Å². The molecule has 0 aliphatic carbocycles. The second-order valence-corrected chi connectivity index (χ2v) is 5.74. The lowest BCUT2D eigenvalue weighted by Crippen LogP contribution is -2.02. The van der Waals surface area contributed by atoms with Crippen molar-refractivity contribution in [2.24, 2.45) is 0 Å². The molecule has 3 aromatic rings. The van der Waals surface area contributed by atoms with Crippen LogP contribution >= 0.6 is 0 Å². The molecule has 0 saturated carbocycles. The van der Waals surface area contributed by atoms with Gasteiger partial charge in [-0.05, 0) is 41.3 Å². The largest absolute Gasteiger partial charge is 0.458 e. The molecule has 3 aromatic carbocycles. The summed E-state index contributed by atoms with van der Waals surface area (Å²) in [6.07, 6.45) is -2.37. The molecule has 0 N–H and O–H groups in total. The average Bonchev–Trinajstić information content (AvgIpc) is 2.60. The summed E-state index contributed by atoms with van der Waals surface area (Å²) >= 11 is 0. The SMILES string of the molecule is Fc1cc2cc(/C=C/c3c(F)cccc3F)ccc2c(F)c1C#CC(F)(F)F. The second-order valence-electron chi connectivity index (χ2n) is 5.74. The summed E-state index contributed by atoms with van der Waals surface area (Å²) in [5, 5.41) is -0.0780. The monoisotopic (exact) mass is 394 g/mol. The van der Waals surface area contributed by atoms with E-state index in [0.29, 0.717) is 5.56 Å². The highest BCUT2D eigenvalue weighted by Gasteiger charge is 2.24. The van der Waals surface area contributed by atoms with E-state index in [-0.39, 0.29) is 16.3 Å². The number of fused-ring (bicyclic) bond motifs is 1. The minimum Gasteiger partial charge on any atom is -0.206 e. The molecule has 3 rings (SSSR count). The minimum absolute atomic E-state index is 0.0590. The first-order valence-electron chi connectivity index (χ1n) is 7.79. The van der Waals surface area contributed by atoms with Crippen LogP contribution in [0.1, 0.15) is 16.7 Å². The molecule has 0 unspecified atom stereocenters. The predicted octanol–water partition coefficient (Wildman–Crippen LogP) is 6.48. The number of rotatable bonds is 2. The summed E-state index contributed by atoms with van der Waals surface area (Å²) in [6, 6.07) is 8.15. The van der Waals surface area contributed by atoms with Crippen molar-refractivity contribution in [2.45, 2.75) is 6.18 Å². The first-order valence-corrected chi connectivity index (χ1v) is 7.79. The van der Waals surface area contributed by atoms with E-state index in [2.05, 4.69) is 0 Å². The van der Waals surface area contributed by atoms with Crippen molar-refractivity contribution in [3.63, 3.8) is 0 Å². The molecule has 28 heavy (non-hydrogen) atoms. The van der Waals surface area contributed by atoms with Crippen LogP contribution in [0.4, 0.5) is 30.7 Å². The number of benzene rings is 3. The van der Waals surface area contributed by atoms with Gasteiger partial charge in [0.15, 0.2) is 0 Å². The minimum atomic E-state index is -4.88. The van der Waals surface area contributed by atoms with Crippen LogP contribution in [0.2, 0.25) is 0 Å². The Bertz CT molecular complexity index is 1130. The van der Waals surface area contributed by atoms with Crippen LogP contribution in [-0.4, -0.2) is 6.18 Å². The first-order chi connectivity index (χ1) is 13.2. The molecule has 0 aliphatic rings. The Hall–Kier alpha value is -3.27. The molecule has 0 fully saturated rings. The van der Waals surface area contributed by atoms with Gasteiger partial charge in [-0.1, -0.05) is 30.2 Å². The van der Waals surface area contributed by atoms with Crippen LogP contribution in [0, 0.1) is 35.1 Å². The van der Waals surface area contributed by atoms with Crippen LogP contribution in [0.3, 0.4) is 0 Å². The van der Waals surface area contributed by atoms with E-state index >= 15 is 0 Å². The zero-order valence-electron chi connectivity index (χ0n) is 13.8. The molecule has 0 amide bonds. The van der Waals surface area contributed by atoms with Gasteiger partial charge >= 0.3 is 6.18 Å². The highest BCUT2D eigenvalue weighted by Crippen LogP contribution is 2.26. The number of halogens is 7. The first kappa shape index (κ1) is 19.5. The molecule has 0 atom stereocenters. The maximum absolute atomic E-state index is 14.4. The smallest absolute Gasteiger partial charge is 0.206 e. The van der Waals surface area contributed by atoms with Crippen LogP contribution in [0.5, 0.6) is 0 Å². The van der Waals surface area contributed by atoms with Crippen molar-refractivity contribution in [3.05, 3.63) is 82.4 Å². The number of alkyl halides is 3. The molecule has 0 bridgehead atoms. The van der Waals surface area contributed by atoms with Gasteiger partial charge in [0.1, 0.15) is 23.3 Å². The Kier molecular flexibility index (Phi) is 5.14. The van der Waals surface area contributed by atoms with Gasteiger partial charge in [0.05, 0.1) is 5.56 Å². The van der Waals surface area contributed by atoms with E-state index in [1.807, 2.05) is 0 Å². The molecular weight excluding hydrogens is 385 g/mol. The average molecular weight is 394 g/mol. The van der Waals surface area contributed by atoms with Gasteiger partial charge in [-0.25, -0.2) is 17.6 Å². The lowest BCUT2D eigenvalue weighted by atomic mass is 10.0. The van der Waals surface area contributed by atoms with E-state index in [1.165, 1.54) is 42.3 Å². The third-order valence-corrected chi connectivity index (χ3v) is 3.82. The van der Waals surface area contributed by atoms with Gasteiger partial charge in [-0.2, -0.15) is 13.2 Å². The third kappa shape index (κ3) is 4.17. The molecule has 0 radical (unpaired) electrons. The molecule has 0 saturated heterocycles. The number of hydrogen-bond acceptors (Lipinski definition) is 0. The fraction of sp³-hybridized carbons (Fsp3) is 0.0476. The standard InChI is InChI=1S/C21H9F7/c22-17-2-1-3-18(23)15(17)7-5-12-4-6-14-13(10-12)11-19(24)16(20(14)25)8-9-21(26,27)28/h1-7,10-11H/b7-5+. The molecule has 0 aromatic heterocycles. The van der Waals surface area contributed by atoms with Crippen molar-refractivity contribution in [2.75, 3.05) is 0 Å². The lowest BCUT2D eigenvalue weighted by Gasteiger charge is -2.05. The zero-order valence-corrected chi connectivity index (χ0v) is 13.8. The topological polar surface area (TPSA) is 0 Å². The van der Waals surface area contributed by atoms with Crippen molar-refractivity contribution in [1.82, 2.24) is 0 Å². The van der Waals surface area contributed by atoms with Gasteiger partial charge in [0, 0.05) is 16.9 Å². The zero-order chi connectivity index (χ0) is 20.5. The van der Waals surface area contributed by atoms with Gasteiger partial charge in [-0.15, -0.1) is 0 Å². The summed E-state index contributed by atoms with van der Waals surface area (Å²) in [5.41, 5.74) is -0.887. The molecule has 0 aliphatic heterocycles. The molecule has 142 valence electrons. The molecule has 0 spiro atoms. The quantitative estimate of drug-likeness (QED) is 0.265. The second kappa shape index (κ2) is 7.39. The Labute approximate surface area is 154 Å². The Balaban J connectivity index is 2.03. The molecule has 0 nitrogen and oxygen atoms in total. The molecular formula is C21H9F7. The van der Waals surface area contributed by atoms with E-state index in [1.54, 1.807) is 0 Å². The summed E-state index contributed by atoms with van der Waals surface area (Å²) < 4.78 is 92.2. The van der Waals surface area contributed by atoms with Gasteiger partial charge in [0.25, 0.3) is 0 Å². The molecule has 7 heteroatoms. The van der Waals surface area contributed by atoms with Crippen LogP contribution in [-0.2, 0) is 0 Å². The summed E-state index contributed by atoms with van der Waals surface area (Å²) in [5.74, 6) is -1.72. The Morgan fingerprint density at radius 1 is 0.786 bits per heavy atom. The van der Waals surface area contributed by atoms with Crippen molar-refractivity contribution in [3.8, 4) is 11.8 Å². The van der Waals surface area contributed by atoms with E-state index in [9.17, 15) is 30.7 Å². The van der Waals surface area contributed by atoms with Crippen LogP contribution in [0.15, 0.2) is 42.5 Å². The van der Waals surface area contributed by atoms with Gasteiger partial charge in [-0.3, -0.25) is 0 Å². The van der Waals surface area contributed by atoms with Crippen LogP contribution in [0.25, 0.3) is 22.9 Å². The van der Waals surface area contributed by atoms with Crippen molar-refractivity contribution >= 4 is 22.9 Å². The van der Waals surface area contributed by atoms with E-state index < -0.39 is 35.0 Å². The number of hydrogen-bond donors (Lipinski definition) is 0. The summed E-state index contributed by atoms with van der Waals surface area (Å²) in [4.78, 5) is 0. The molecule has 0 heterocycles. The summed E-state index contributed by atoms with van der Waals surface area (Å²) in [6.45, 7) is 0. The third-order valence-electron chi connectivity index (χ3n) is 3.82. The van der Waals surface area contributed by atoms with Gasteiger partial charge < -0.3 is 0 Å². The highest BCUT2D eigenvalue weighted by atomic mass is 19.4. The highest BCUT2D eigenvalue weighted by molar-refractivity contribution is 5.88. The Morgan fingerprint density at radius 3 is 2.11 bits per heavy atom. The maximum atomic E-state index is 14.4. The van der Waals surface area contributed by atoms with E-state index in [4.69, 9.17) is 0 Å². The lowest BCUT2D eigenvalue weighted by molar-refractivity contribution is -0.0696. The van der Waals surface area contributed by atoms with Crippen molar-refractivity contribution < 1.29 is 30.7 Å². The van der Waals surface area contributed by atoms with Crippen LogP contribution < -0.4 is 0 Å². The van der Waals surface area contributed by atoms with Crippen molar-refractivity contribution in [1.29, 1.82) is 0 Å². The fourth-order valence-electron chi connectivity index (χ4n) is 2.55. The normalized spacial score (nSPS) is 11.7. The van der Waals surface area contributed by atoms with E-state index in [0.717, 1.165) is 24.1 Å². The predicted molar refractivity (Wildman–Crippen MR) is 92.1 cm³/mol. The Morgan fingerprint density at radius 2 is 1.46 bits per heavy atom. The maximum Gasteiger partial charge on any atom is 0.458 e.